The lowest BCUT2D eigenvalue weighted by Gasteiger charge is -1.95. The molecule has 1 heteroatoms. The van der Waals surface area contributed by atoms with Crippen molar-refractivity contribution in [3.63, 3.8) is 0 Å². The summed E-state index contributed by atoms with van der Waals surface area (Å²) in [6.45, 7) is 8.95. The van der Waals surface area contributed by atoms with Crippen LogP contribution in [0.1, 0.15) is 6.42 Å². The van der Waals surface area contributed by atoms with Gasteiger partial charge in [-0.15, -0.1) is 6.58 Å². The van der Waals surface area contributed by atoms with E-state index in [0.717, 1.165) is 19.5 Å². The number of hydrogen-bond donors (Lipinski definition) is 1. The summed E-state index contributed by atoms with van der Waals surface area (Å²) in [4.78, 5) is 0. The van der Waals surface area contributed by atoms with E-state index in [2.05, 4.69) is 25.2 Å². The van der Waals surface area contributed by atoms with Gasteiger partial charge in [-0.1, -0.05) is 6.08 Å². The maximum atomic E-state index is 3.63. The fraction of sp³-hybridized carbons (Fsp3) is 0.429. The number of hydrogen-bond acceptors (Lipinski definition) is 1. The van der Waals surface area contributed by atoms with Crippen molar-refractivity contribution in [3.8, 4) is 0 Å². The Bertz CT molecular complexity index is 50.3. The SMILES string of the molecule is [CH2]CNC[CH]CC=C. The minimum atomic E-state index is 0.799. The second kappa shape index (κ2) is 6.70. The largest absolute Gasteiger partial charge is 0.316 e. The van der Waals surface area contributed by atoms with E-state index in [1.165, 1.54) is 0 Å². The van der Waals surface area contributed by atoms with E-state index >= 15 is 0 Å². The summed E-state index contributed by atoms with van der Waals surface area (Å²) in [7, 11) is 0. The van der Waals surface area contributed by atoms with Crippen molar-refractivity contribution in [2.24, 2.45) is 0 Å². The molecule has 2 radical (unpaired) electrons. The van der Waals surface area contributed by atoms with E-state index in [0.29, 0.717) is 0 Å². The molecular weight excluding hydrogens is 98.1 g/mol. The predicted molar refractivity (Wildman–Crippen MR) is 37.3 cm³/mol. The van der Waals surface area contributed by atoms with E-state index in [4.69, 9.17) is 0 Å². The van der Waals surface area contributed by atoms with Crippen molar-refractivity contribution in [3.05, 3.63) is 26.0 Å². The van der Waals surface area contributed by atoms with Crippen LogP contribution < -0.4 is 5.32 Å². The first-order chi connectivity index (χ1) is 3.91. The molecule has 0 aromatic carbocycles. The minimum Gasteiger partial charge on any atom is -0.316 e. The van der Waals surface area contributed by atoms with Gasteiger partial charge in [-0.2, -0.15) is 0 Å². The van der Waals surface area contributed by atoms with Crippen LogP contribution in [0.3, 0.4) is 0 Å². The third-order valence-corrected chi connectivity index (χ3v) is 0.799. The molecule has 0 aliphatic rings. The van der Waals surface area contributed by atoms with Gasteiger partial charge in [-0.25, -0.2) is 0 Å². The number of allylic oxidation sites excluding steroid dienone is 1. The van der Waals surface area contributed by atoms with Crippen molar-refractivity contribution >= 4 is 0 Å². The standard InChI is InChI=1S/C7H13N/c1-3-5-6-7-8-4-2/h3,6,8H,1-2,4-5,7H2. The Morgan fingerprint density at radius 1 is 1.50 bits per heavy atom. The molecular formula is C7H13N. The summed E-state index contributed by atoms with van der Waals surface area (Å²) in [6.07, 6.45) is 4.98. The molecule has 0 saturated heterocycles. The van der Waals surface area contributed by atoms with E-state index in [1.807, 2.05) is 6.08 Å². The first kappa shape index (κ1) is 7.70. The van der Waals surface area contributed by atoms with E-state index in [9.17, 15) is 0 Å². The number of rotatable bonds is 5. The molecule has 0 aromatic rings. The van der Waals surface area contributed by atoms with Gasteiger partial charge in [0.2, 0.25) is 0 Å². The Morgan fingerprint density at radius 2 is 2.25 bits per heavy atom. The number of nitrogens with one attached hydrogen (secondary N) is 1. The van der Waals surface area contributed by atoms with E-state index < -0.39 is 0 Å². The quantitative estimate of drug-likeness (QED) is 0.415. The maximum absolute atomic E-state index is 3.63. The highest BCUT2D eigenvalue weighted by Gasteiger charge is 1.79. The maximum Gasteiger partial charge on any atom is -0.00143 e. The summed E-state index contributed by atoms with van der Waals surface area (Å²) in [5, 5.41) is 3.07. The first-order valence-corrected chi connectivity index (χ1v) is 2.84. The molecule has 8 heavy (non-hydrogen) atoms. The molecule has 0 bridgehead atoms. The molecule has 0 aliphatic carbocycles. The molecule has 46 valence electrons. The average molecular weight is 111 g/mol. The van der Waals surface area contributed by atoms with Crippen LogP contribution in [0.15, 0.2) is 12.7 Å². The third-order valence-electron chi connectivity index (χ3n) is 0.799. The second-order valence-corrected chi connectivity index (χ2v) is 1.52. The van der Waals surface area contributed by atoms with Crippen molar-refractivity contribution in [2.75, 3.05) is 13.1 Å². The summed E-state index contributed by atoms with van der Waals surface area (Å²) in [5.74, 6) is 0. The van der Waals surface area contributed by atoms with Gasteiger partial charge in [0.1, 0.15) is 0 Å². The Labute approximate surface area is 51.8 Å². The Kier molecular flexibility index (Phi) is 6.45. The highest BCUT2D eigenvalue weighted by Crippen LogP contribution is 1.82. The molecule has 1 nitrogen and oxygen atoms in total. The Hall–Kier alpha value is -0.300. The van der Waals surface area contributed by atoms with Gasteiger partial charge in [-0.05, 0) is 32.9 Å². The molecule has 0 heterocycles. The topological polar surface area (TPSA) is 12.0 Å². The number of unbranched alkanes of at least 4 members (excludes halogenated alkanes) is 1. The van der Waals surface area contributed by atoms with E-state index in [1.54, 1.807) is 0 Å². The normalized spacial score (nSPS) is 9.12. The molecule has 0 atom stereocenters. The zero-order valence-electron chi connectivity index (χ0n) is 5.19. The van der Waals surface area contributed by atoms with Crippen molar-refractivity contribution in [1.82, 2.24) is 5.32 Å². The summed E-state index contributed by atoms with van der Waals surface area (Å²) in [6, 6.07) is 0. The zero-order chi connectivity index (χ0) is 6.24. The molecule has 0 fully saturated rings. The highest BCUT2D eigenvalue weighted by atomic mass is 14.8. The van der Waals surface area contributed by atoms with Gasteiger partial charge in [-0.3, -0.25) is 0 Å². The van der Waals surface area contributed by atoms with Crippen molar-refractivity contribution in [2.45, 2.75) is 6.42 Å². The molecule has 0 aromatic heterocycles. The van der Waals surface area contributed by atoms with Crippen LogP contribution in [0.4, 0.5) is 0 Å². The Balaban J connectivity index is 2.62. The second-order valence-electron chi connectivity index (χ2n) is 1.52. The zero-order valence-corrected chi connectivity index (χ0v) is 5.19. The fourth-order valence-electron chi connectivity index (χ4n) is 0.405. The monoisotopic (exact) mass is 111 g/mol. The van der Waals surface area contributed by atoms with Crippen LogP contribution in [-0.2, 0) is 0 Å². The Morgan fingerprint density at radius 3 is 2.75 bits per heavy atom. The fourth-order valence-corrected chi connectivity index (χ4v) is 0.405. The van der Waals surface area contributed by atoms with Crippen LogP contribution in [0.2, 0.25) is 0 Å². The molecule has 0 saturated carbocycles. The van der Waals surface area contributed by atoms with Gasteiger partial charge < -0.3 is 5.32 Å². The summed E-state index contributed by atoms with van der Waals surface area (Å²) in [5.41, 5.74) is 0. The molecule has 0 unspecified atom stereocenters. The highest BCUT2D eigenvalue weighted by molar-refractivity contribution is 4.79. The third kappa shape index (κ3) is 5.70. The van der Waals surface area contributed by atoms with Gasteiger partial charge in [0.05, 0.1) is 0 Å². The van der Waals surface area contributed by atoms with Crippen LogP contribution in [0.25, 0.3) is 0 Å². The average Bonchev–Trinajstić information content (AvgIpc) is 1.81. The smallest absolute Gasteiger partial charge is 0.00143 e. The van der Waals surface area contributed by atoms with Gasteiger partial charge in [0, 0.05) is 0 Å². The summed E-state index contributed by atoms with van der Waals surface area (Å²) >= 11 is 0. The van der Waals surface area contributed by atoms with Crippen molar-refractivity contribution < 1.29 is 0 Å². The lowest BCUT2D eigenvalue weighted by atomic mass is 10.3. The molecule has 0 aliphatic heterocycles. The molecule has 0 spiro atoms. The van der Waals surface area contributed by atoms with Crippen LogP contribution in [0.5, 0.6) is 0 Å². The first-order valence-electron chi connectivity index (χ1n) is 2.84. The van der Waals surface area contributed by atoms with E-state index in [-0.39, 0.29) is 0 Å². The molecule has 0 rings (SSSR count). The van der Waals surface area contributed by atoms with Crippen LogP contribution >= 0.6 is 0 Å². The van der Waals surface area contributed by atoms with Crippen molar-refractivity contribution in [1.29, 1.82) is 0 Å². The van der Waals surface area contributed by atoms with Gasteiger partial charge in [0.15, 0.2) is 0 Å². The van der Waals surface area contributed by atoms with Gasteiger partial charge in [0.25, 0.3) is 0 Å². The molecule has 1 N–H and O–H groups in total. The van der Waals surface area contributed by atoms with Gasteiger partial charge >= 0.3 is 0 Å². The van der Waals surface area contributed by atoms with Crippen LogP contribution in [0, 0.1) is 13.3 Å². The lowest BCUT2D eigenvalue weighted by molar-refractivity contribution is 0.796. The van der Waals surface area contributed by atoms with Crippen LogP contribution in [-0.4, -0.2) is 13.1 Å². The minimum absolute atomic E-state index is 0.799. The molecule has 0 amide bonds. The lowest BCUT2D eigenvalue weighted by Crippen LogP contribution is -2.14. The summed E-state index contributed by atoms with van der Waals surface area (Å²) < 4.78 is 0. The predicted octanol–water partition coefficient (Wildman–Crippen LogP) is 1.19.